The lowest BCUT2D eigenvalue weighted by Crippen LogP contribution is -2.02. The van der Waals surface area contributed by atoms with E-state index in [-0.39, 0.29) is 11.3 Å². The van der Waals surface area contributed by atoms with Crippen LogP contribution in [0.5, 0.6) is 0 Å². The van der Waals surface area contributed by atoms with Crippen molar-refractivity contribution in [3.63, 3.8) is 0 Å². The molecule has 0 atom stereocenters. The maximum Gasteiger partial charge on any atom is 0.336 e. The molecule has 1 aliphatic carbocycles. The molecule has 0 bridgehead atoms. The SMILES string of the molecule is O=C(O)c1cc(C2CC2)nc2cc([N+](=O)[O-])ccc12. The molecular formula is C13H10N2O4. The van der Waals surface area contributed by atoms with Crippen LogP contribution in [0.1, 0.15) is 34.8 Å². The summed E-state index contributed by atoms with van der Waals surface area (Å²) in [6.45, 7) is 0. The number of hydrogen-bond donors (Lipinski definition) is 1. The lowest BCUT2D eigenvalue weighted by Gasteiger charge is -2.05. The first-order valence-corrected chi connectivity index (χ1v) is 5.88. The van der Waals surface area contributed by atoms with Crippen LogP contribution in [0.2, 0.25) is 0 Å². The van der Waals surface area contributed by atoms with Crippen LogP contribution in [0.25, 0.3) is 10.9 Å². The number of carboxylic acids is 1. The van der Waals surface area contributed by atoms with Gasteiger partial charge in [-0.25, -0.2) is 4.79 Å². The number of aromatic nitrogens is 1. The second-order valence-corrected chi connectivity index (χ2v) is 4.63. The quantitative estimate of drug-likeness (QED) is 0.674. The van der Waals surface area contributed by atoms with Gasteiger partial charge in [-0.3, -0.25) is 15.1 Å². The lowest BCUT2D eigenvalue weighted by atomic mass is 10.1. The normalized spacial score (nSPS) is 14.5. The van der Waals surface area contributed by atoms with E-state index in [0.29, 0.717) is 22.5 Å². The zero-order valence-electron chi connectivity index (χ0n) is 9.87. The van der Waals surface area contributed by atoms with Crippen LogP contribution in [0, 0.1) is 10.1 Å². The number of fused-ring (bicyclic) bond motifs is 1. The van der Waals surface area contributed by atoms with Crippen LogP contribution in [0.15, 0.2) is 24.3 Å². The van der Waals surface area contributed by atoms with Gasteiger partial charge in [0, 0.05) is 29.1 Å². The molecule has 96 valence electrons. The Morgan fingerprint density at radius 1 is 1.37 bits per heavy atom. The van der Waals surface area contributed by atoms with Crippen molar-refractivity contribution in [2.45, 2.75) is 18.8 Å². The maximum atomic E-state index is 11.3. The average molecular weight is 258 g/mol. The van der Waals surface area contributed by atoms with Gasteiger partial charge in [0.05, 0.1) is 16.0 Å². The Morgan fingerprint density at radius 3 is 2.68 bits per heavy atom. The van der Waals surface area contributed by atoms with Crippen molar-refractivity contribution in [2.75, 3.05) is 0 Å². The molecule has 0 aliphatic heterocycles. The number of rotatable bonds is 3. The number of nitro benzene ring substituents is 1. The molecular weight excluding hydrogens is 248 g/mol. The van der Waals surface area contributed by atoms with Crippen molar-refractivity contribution in [3.05, 3.63) is 45.6 Å². The van der Waals surface area contributed by atoms with Gasteiger partial charge in [0.25, 0.3) is 5.69 Å². The van der Waals surface area contributed by atoms with E-state index in [0.717, 1.165) is 12.8 Å². The Morgan fingerprint density at radius 2 is 2.11 bits per heavy atom. The fourth-order valence-corrected chi connectivity index (χ4v) is 2.12. The highest BCUT2D eigenvalue weighted by Gasteiger charge is 2.27. The summed E-state index contributed by atoms with van der Waals surface area (Å²) >= 11 is 0. The molecule has 0 amide bonds. The smallest absolute Gasteiger partial charge is 0.336 e. The molecule has 6 nitrogen and oxygen atoms in total. The molecule has 2 aromatic rings. The minimum atomic E-state index is -1.04. The fraction of sp³-hybridized carbons (Fsp3) is 0.231. The monoisotopic (exact) mass is 258 g/mol. The Bertz CT molecular complexity index is 707. The number of nitro groups is 1. The molecule has 19 heavy (non-hydrogen) atoms. The standard InChI is InChI=1S/C13H10N2O4/c16-13(17)10-6-11(7-1-2-7)14-12-5-8(15(18)19)3-4-9(10)12/h3-7H,1-2H2,(H,16,17). The van der Waals surface area contributed by atoms with E-state index in [1.807, 2.05) is 0 Å². The second-order valence-electron chi connectivity index (χ2n) is 4.63. The van der Waals surface area contributed by atoms with E-state index in [2.05, 4.69) is 4.98 Å². The van der Waals surface area contributed by atoms with Gasteiger partial charge in [-0.15, -0.1) is 0 Å². The van der Waals surface area contributed by atoms with Crippen LogP contribution >= 0.6 is 0 Å². The summed E-state index contributed by atoms with van der Waals surface area (Å²) in [5, 5.41) is 20.4. The van der Waals surface area contributed by atoms with Gasteiger partial charge < -0.3 is 5.11 Å². The molecule has 1 heterocycles. The second kappa shape index (κ2) is 4.01. The van der Waals surface area contributed by atoms with Crippen molar-refractivity contribution in [3.8, 4) is 0 Å². The van der Waals surface area contributed by atoms with Crippen LogP contribution in [0.4, 0.5) is 5.69 Å². The number of aromatic carboxylic acids is 1. The molecule has 0 spiro atoms. The van der Waals surface area contributed by atoms with Crippen LogP contribution < -0.4 is 0 Å². The predicted molar refractivity (Wildman–Crippen MR) is 67.3 cm³/mol. The number of pyridine rings is 1. The largest absolute Gasteiger partial charge is 0.478 e. The van der Waals surface area contributed by atoms with Gasteiger partial charge in [0.2, 0.25) is 0 Å². The first-order chi connectivity index (χ1) is 9.06. The Hall–Kier alpha value is -2.50. The number of non-ortho nitro benzene ring substituents is 1. The van der Waals surface area contributed by atoms with Gasteiger partial charge in [0.1, 0.15) is 0 Å². The molecule has 6 heteroatoms. The van der Waals surface area contributed by atoms with E-state index in [9.17, 15) is 20.0 Å². The van der Waals surface area contributed by atoms with Crippen molar-refractivity contribution >= 4 is 22.6 Å². The summed E-state index contributed by atoms with van der Waals surface area (Å²) in [7, 11) is 0. The first kappa shape index (κ1) is 11.6. The topological polar surface area (TPSA) is 93.3 Å². The molecule has 1 aromatic carbocycles. The number of carboxylic acid groups (broad SMARTS) is 1. The van der Waals surface area contributed by atoms with Gasteiger partial charge in [0.15, 0.2) is 0 Å². The van der Waals surface area contributed by atoms with E-state index in [1.54, 1.807) is 6.07 Å². The molecule has 1 aromatic heterocycles. The number of hydrogen-bond acceptors (Lipinski definition) is 4. The molecule has 1 N–H and O–H groups in total. The van der Waals surface area contributed by atoms with E-state index >= 15 is 0 Å². The van der Waals surface area contributed by atoms with Crippen LogP contribution in [-0.2, 0) is 0 Å². The summed E-state index contributed by atoms with van der Waals surface area (Å²) < 4.78 is 0. The lowest BCUT2D eigenvalue weighted by molar-refractivity contribution is -0.384. The summed E-state index contributed by atoms with van der Waals surface area (Å²) in [4.78, 5) is 25.9. The third-order valence-electron chi connectivity index (χ3n) is 3.25. The molecule has 1 fully saturated rings. The minimum Gasteiger partial charge on any atom is -0.478 e. The minimum absolute atomic E-state index is 0.0794. The summed E-state index contributed by atoms with van der Waals surface area (Å²) in [5.74, 6) is -0.745. The van der Waals surface area contributed by atoms with Crippen molar-refractivity contribution < 1.29 is 14.8 Å². The molecule has 0 saturated heterocycles. The van der Waals surface area contributed by atoms with Gasteiger partial charge in [-0.05, 0) is 25.0 Å². The summed E-state index contributed by atoms with van der Waals surface area (Å²) in [6.07, 6.45) is 1.99. The fourth-order valence-electron chi connectivity index (χ4n) is 2.12. The highest BCUT2D eigenvalue weighted by Crippen LogP contribution is 2.40. The van der Waals surface area contributed by atoms with Crippen molar-refractivity contribution in [1.82, 2.24) is 4.98 Å². The Kier molecular flexibility index (Phi) is 2.45. The molecule has 1 saturated carbocycles. The average Bonchev–Trinajstić information content (AvgIpc) is 3.20. The van der Waals surface area contributed by atoms with E-state index < -0.39 is 10.9 Å². The van der Waals surface area contributed by atoms with E-state index in [1.165, 1.54) is 18.2 Å². The zero-order valence-corrected chi connectivity index (χ0v) is 9.87. The van der Waals surface area contributed by atoms with Crippen LogP contribution in [0.3, 0.4) is 0 Å². The number of benzene rings is 1. The molecule has 1 aliphatic rings. The van der Waals surface area contributed by atoms with Gasteiger partial charge in [-0.2, -0.15) is 0 Å². The predicted octanol–water partition coefficient (Wildman–Crippen LogP) is 2.72. The van der Waals surface area contributed by atoms with Gasteiger partial charge in [-0.1, -0.05) is 0 Å². The highest BCUT2D eigenvalue weighted by atomic mass is 16.6. The maximum absolute atomic E-state index is 11.3. The molecule has 0 radical (unpaired) electrons. The third kappa shape index (κ3) is 2.01. The van der Waals surface area contributed by atoms with Crippen LogP contribution in [-0.4, -0.2) is 21.0 Å². The molecule has 0 unspecified atom stereocenters. The first-order valence-electron chi connectivity index (χ1n) is 5.88. The number of nitrogens with zero attached hydrogens (tertiary/aromatic N) is 2. The zero-order chi connectivity index (χ0) is 13.6. The van der Waals surface area contributed by atoms with Crippen molar-refractivity contribution in [2.24, 2.45) is 0 Å². The highest BCUT2D eigenvalue weighted by molar-refractivity contribution is 6.03. The third-order valence-corrected chi connectivity index (χ3v) is 3.25. The van der Waals surface area contributed by atoms with E-state index in [4.69, 9.17) is 0 Å². The Labute approximate surface area is 107 Å². The number of carbonyl (C=O) groups is 1. The molecule has 3 rings (SSSR count). The summed E-state index contributed by atoms with van der Waals surface area (Å²) in [5.41, 5.74) is 1.16. The Balaban J connectivity index is 2.27. The van der Waals surface area contributed by atoms with Gasteiger partial charge >= 0.3 is 5.97 Å². The van der Waals surface area contributed by atoms with Crippen molar-refractivity contribution in [1.29, 1.82) is 0 Å². The summed E-state index contributed by atoms with van der Waals surface area (Å²) in [6, 6.07) is 5.65.